The second-order valence-corrected chi connectivity index (χ2v) is 3.31. The van der Waals surface area contributed by atoms with Crippen molar-refractivity contribution in [3.05, 3.63) is 29.7 Å². The maximum atomic E-state index is 9.19. The molecule has 0 bridgehead atoms. The molecule has 0 fully saturated rings. The number of rotatable bonds is 5. The molecule has 0 saturated heterocycles. The van der Waals surface area contributed by atoms with Crippen LogP contribution in [0.2, 0.25) is 5.15 Å². The molecule has 4 nitrogen and oxygen atoms in total. The van der Waals surface area contributed by atoms with E-state index < -0.39 is 0 Å². The van der Waals surface area contributed by atoms with Crippen molar-refractivity contribution in [1.82, 2.24) is 9.97 Å². The zero-order valence-corrected chi connectivity index (χ0v) is 9.41. The van der Waals surface area contributed by atoms with Gasteiger partial charge in [0.05, 0.1) is 12.2 Å². The third kappa shape index (κ3) is 2.67. The molecule has 0 saturated carbocycles. The quantitative estimate of drug-likeness (QED) is 0.614. The Kier molecular flexibility index (Phi) is 4.52. The van der Waals surface area contributed by atoms with Crippen LogP contribution in [0, 0.1) is 0 Å². The van der Waals surface area contributed by atoms with Crippen molar-refractivity contribution in [2.75, 3.05) is 18.0 Å². The van der Waals surface area contributed by atoms with Crippen molar-refractivity contribution in [3.8, 4) is 0 Å². The summed E-state index contributed by atoms with van der Waals surface area (Å²) in [5, 5.41) is 9.49. The van der Waals surface area contributed by atoms with Gasteiger partial charge in [0.15, 0.2) is 0 Å². The Morgan fingerprint density at radius 2 is 2.33 bits per heavy atom. The predicted octanol–water partition coefficient (Wildman–Crippen LogP) is 1.63. The smallest absolute Gasteiger partial charge is 0.140 e. The third-order valence-electron chi connectivity index (χ3n) is 2.06. The van der Waals surface area contributed by atoms with Gasteiger partial charge in [-0.05, 0) is 6.92 Å². The summed E-state index contributed by atoms with van der Waals surface area (Å²) in [5.41, 5.74) is 0.558. The van der Waals surface area contributed by atoms with Crippen LogP contribution in [-0.2, 0) is 6.61 Å². The molecule has 5 heteroatoms. The fourth-order valence-corrected chi connectivity index (χ4v) is 1.50. The van der Waals surface area contributed by atoms with Gasteiger partial charge in [-0.15, -0.1) is 6.58 Å². The summed E-state index contributed by atoms with van der Waals surface area (Å²) in [4.78, 5) is 9.92. The Morgan fingerprint density at radius 3 is 2.87 bits per heavy atom. The summed E-state index contributed by atoms with van der Waals surface area (Å²) >= 11 is 5.87. The fraction of sp³-hybridized carbons (Fsp3) is 0.400. The molecule has 1 heterocycles. The van der Waals surface area contributed by atoms with Gasteiger partial charge in [-0.2, -0.15) is 0 Å². The highest BCUT2D eigenvalue weighted by molar-refractivity contribution is 6.30. The first-order valence-corrected chi connectivity index (χ1v) is 5.08. The Balaban J connectivity index is 3.10. The van der Waals surface area contributed by atoms with E-state index in [0.717, 1.165) is 6.54 Å². The summed E-state index contributed by atoms with van der Waals surface area (Å²) in [5.74, 6) is 0.667. The van der Waals surface area contributed by atoms with E-state index in [-0.39, 0.29) is 6.61 Å². The topological polar surface area (TPSA) is 49.2 Å². The Hall–Kier alpha value is -1.13. The van der Waals surface area contributed by atoms with Gasteiger partial charge < -0.3 is 10.0 Å². The summed E-state index contributed by atoms with van der Waals surface area (Å²) in [7, 11) is 0. The molecule has 0 unspecified atom stereocenters. The molecule has 82 valence electrons. The van der Waals surface area contributed by atoms with Crippen molar-refractivity contribution >= 4 is 17.4 Å². The molecule has 0 spiro atoms. The lowest BCUT2D eigenvalue weighted by Gasteiger charge is -2.22. The lowest BCUT2D eigenvalue weighted by atomic mass is 10.3. The SMILES string of the molecule is C=CCN(CC)c1ncnc(Cl)c1CO. The normalized spacial score (nSPS) is 10.1. The Bertz CT molecular complexity index is 343. The van der Waals surface area contributed by atoms with E-state index in [0.29, 0.717) is 23.1 Å². The zero-order valence-electron chi connectivity index (χ0n) is 8.65. The molecule has 0 aliphatic rings. The van der Waals surface area contributed by atoms with Crippen LogP contribution in [-0.4, -0.2) is 28.2 Å². The van der Waals surface area contributed by atoms with E-state index >= 15 is 0 Å². The molecule has 0 atom stereocenters. The highest BCUT2D eigenvalue weighted by Crippen LogP contribution is 2.22. The first-order valence-electron chi connectivity index (χ1n) is 4.70. The van der Waals surface area contributed by atoms with Crippen molar-refractivity contribution < 1.29 is 5.11 Å². The van der Waals surface area contributed by atoms with Gasteiger partial charge in [0.1, 0.15) is 17.3 Å². The van der Waals surface area contributed by atoms with E-state index in [1.807, 2.05) is 11.8 Å². The van der Waals surface area contributed by atoms with Gasteiger partial charge >= 0.3 is 0 Å². The molecule has 1 aromatic heterocycles. The molecule has 1 aromatic rings. The molecule has 0 aliphatic heterocycles. The van der Waals surface area contributed by atoms with E-state index in [4.69, 9.17) is 11.6 Å². The molecule has 0 aromatic carbocycles. The number of aliphatic hydroxyl groups is 1. The summed E-state index contributed by atoms with van der Waals surface area (Å²) < 4.78 is 0. The number of anilines is 1. The van der Waals surface area contributed by atoms with Gasteiger partial charge in [0.25, 0.3) is 0 Å². The minimum absolute atomic E-state index is 0.164. The Labute approximate surface area is 94.2 Å². The molecule has 0 aliphatic carbocycles. The van der Waals surface area contributed by atoms with Gasteiger partial charge in [0.2, 0.25) is 0 Å². The summed E-state index contributed by atoms with van der Waals surface area (Å²) in [6, 6.07) is 0. The van der Waals surface area contributed by atoms with Crippen molar-refractivity contribution in [2.45, 2.75) is 13.5 Å². The lowest BCUT2D eigenvalue weighted by molar-refractivity contribution is 0.281. The molecule has 0 amide bonds. The van der Waals surface area contributed by atoms with Gasteiger partial charge in [0, 0.05) is 13.1 Å². The maximum absolute atomic E-state index is 9.19. The van der Waals surface area contributed by atoms with Crippen LogP contribution < -0.4 is 4.90 Å². The standard InChI is InChI=1S/C10H14ClN3O/c1-3-5-14(4-2)10-8(6-15)9(11)12-7-13-10/h3,7,15H,1,4-6H2,2H3. The average molecular weight is 228 g/mol. The highest BCUT2D eigenvalue weighted by atomic mass is 35.5. The van der Waals surface area contributed by atoms with E-state index in [2.05, 4.69) is 16.5 Å². The minimum atomic E-state index is -0.164. The van der Waals surface area contributed by atoms with Crippen LogP contribution in [0.4, 0.5) is 5.82 Å². The predicted molar refractivity (Wildman–Crippen MR) is 61.0 cm³/mol. The van der Waals surface area contributed by atoms with Gasteiger partial charge in [-0.25, -0.2) is 9.97 Å². The number of aromatic nitrogens is 2. The number of likely N-dealkylation sites (N-methyl/N-ethyl adjacent to an activating group) is 1. The summed E-state index contributed by atoms with van der Waals surface area (Å²) in [6.45, 7) is 6.94. The highest BCUT2D eigenvalue weighted by Gasteiger charge is 2.13. The van der Waals surface area contributed by atoms with E-state index in [1.165, 1.54) is 6.33 Å². The number of halogens is 1. The average Bonchev–Trinajstić information content (AvgIpc) is 2.25. The summed E-state index contributed by atoms with van der Waals surface area (Å²) in [6.07, 6.45) is 3.17. The van der Waals surface area contributed by atoms with Crippen LogP contribution in [0.1, 0.15) is 12.5 Å². The first-order chi connectivity index (χ1) is 7.24. The number of aliphatic hydroxyl groups excluding tert-OH is 1. The third-order valence-corrected chi connectivity index (χ3v) is 2.38. The van der Waals surface area contributed by atoms with Gasteiger partial charge in [-0.1, -0.05) is 17.7 Å². The van der Waals surface area contributed by atoms with Crippen LogP contribution in [0.3, 0.4) is 0 Å². The van der Waals surface area contributed by atoms with Crippen molar-refractivity contribution in [2.24, 2.45) is 0 Å². The molecule has 1 rings (SSSR count). The largest absolute Gasteiger partial charge is 0.391 e. The van der Waals surface area contributed by atoms with E-state index in [1.54, 1.807) is 6.08 Å². The second-order valence-electron chi connectivity index (χ2n) is 2.95. The zero-order chi connectivity index (χ0) is 11.3. The van der Waals surface area contributed by atoms with Crippen LogP contribution in [0.15, 0.2) is 19.0 Å². The maximum Gasteiger partial charge on any atom is 0.140 e. The lowest BCUT2D eigenvalue weighted by Crippen LogP contribution is -2.25. The van der Waals surface area contributed by atoms with Crippen LogP contribution in [0.25, 0.3) is 0 Å². The first kappa shape index (κ1) is 11.9. The Morgan fingerprint density at radius 1 is 1.60 bits per heavy atom. The molecule has 15 heavy (non-hydrogen) atoms. The van der Waals surface area contributed by atoms with Crippen LogP contribution >= 0.6 is 11.6 Å². The van der Waals surface area contributed by atoms with Crippen molar-refractivity contribution in [1.29, 1.82) is 0 Å². The van der Waals surface area contributed by atoms with Crippen molar-refractivity contribution in [3.63, 3.8) is 0 Å². The fourth-order valence-electron chi connectivity index (χ4n) is 1.31. The van der Waals surface area contributed by atoms with Crippen LogP contribution in [0.5, 0.6) is 0 Å². The number of nitrogens with zero attached hydrogens (tertiary/aromatic N) is 3. The number of hydrogen-bond donors (Lipinski definition) is 1. The van der Waals surface area contributed by atoms with E-state index in [9.17, 15) is 5.11 Å². The second kappa shape index (κ2) is 5.68. The molecule has 1 N–H and O–H groups in total. The van der Waals surface area contributed by atoms with Gasteiger partial charge in [-0.3, -0.25) is 0 Å². The molecular weight excluding hydrogens is 214 g/mol. The number of hydrogen-bond acceptors (Lipinski definition) is 4. The molecule has 0 radical (unpaired) electrons. The molecular formula is C10H14ClN3O. The minimum Gasteiger partial charge on any atom is -0.391 e. The monoisotopic (exact) mass is 227 g/mol.